The number of rotatable bonds is 8. The summed E-state index contributed by atoms with van der Waals surface area (Å²) >= 11 is 6.37. The third kappa shape index (κ3) is 4.98. The van der Waals surface area contributed by atoms with Crippen LogP contribution < -0.4 is 9.47 Å². The van der Waals surface area contributed by atoms with Crippen LogP contribution >= 0.6 is 24.0 Å². The largest absolute Gasteiger partial charge is 0.490 e. The van der Waals surface area contributed by atoms with E-state index < -0.39 is 5.97 Å². The predicted octanol–water partition coefficient (Wildman–Crippen LogP) is 3.25. The molecule has 1 aliphatic heterocycles. The molecule has 0 N–H and O–H groups in total. The molecule has 0 aliphatic carbocycles. The first-order chi connectivity index (χ1) is 12.5. The standard InChI is InChI=1S/C18H21NO5S2/c1-4-22-13-8-7-12(9-14(13)23-5-2)10-15-17(21)19(18(25)26-15)11-16(20)24-6-3/h7-10H,4-6,11H2,1-3H3. The number of amides is 1. The first-order valence-corrected chi connectivity index (χ1v) is 9.53. The summed E-state index contributed by atoms with van der Waals surface area (Å²) in [5.41, 5.74) is 0.786. The van der Waals surface area contributed by atoms with E-state index in [1.165, 1.54) is 4.90 Å². The highest BCUT2D eigenvalue weighted by Crippen LogP contribution is 2.34. The summed E-state index contributed by atoms with van der Waals surface area (Å²) < 4.78 is 16.4. The van der Waals surface area contributed by atoms with Crippen molar-refractivity contribution >= 4 is 46.3 Å². The average molecular weight is 396 g/mol. The molecule has 1 fully saturated rings. The summed E-state index contributed by atoms with van der Waals surface area (Å²) in [4.78, 5) is 25.9. The van der Waals surface area contributed by atoms with Crippen molar-refractivity contribution in [3.63, 3.8) is 0 Å². The van der Waals surface area contributed by atoms with Crippen LogP contribution in [0.5, 0.6) is 11.5 Å². The van der Waals surface area contributed by atoms with Crippen molar-refractivity contribution < 1.29 is 23.8 Å². The van der Waals surface area contributed by atoms with E-state index in [1.807, 2.05) is 26.0 Å². The summed E-state index contributed by atoms with van der Waals surface area (Å²) in [5.74, 6) is 0.483. The van der Waals surface area contributed by atoms with Crippen LogP contribution in [0.1, 0.15) is 26.3 Å². The molecule has 26 heavy (non-hydrogen) atoms. The van der Waals surface area contributed by atoms with E-state index in [4.69, 9.17) is 26.4 Å². The molecule has 0 atom stereocenters. The molecule has 1 aromatic rings. The highest BCUT2D eigenvalue weighted by molar-refractivity contribution is 8.26. The summed E-state index contributed by atoms with van der Waals surface area (Å²) in [6.07, 6.45) is 1.72. The number of thiocarbonyl (C=S) groups is 1. The van der Waals surface area contributed by atoms with E-state index in [9.17, 15) is 9.59 Å². The number of nitrogens with zero attached hydrogens (tertiary/aromatic N) is 1. The molecule has 1 aliphatic rings. The lowest BCUT2D eigenvalue weighted by atomic mass is 10.2. The summed E-state index contributed by atoms with van der Waals surface area (Å²) in [5, 5.41) is 0. The Hall–Kier alpha value is -2.06. The van der Waals surface area contributed by atoms with Gasteiger partial charge in [-0.05, 0) is 44.5 Å². The highest BCUT2D eigenvalue weighted by atomic mass is 32.2. The minimum atomic E-state index is -0.482. The van der Waals surface area contributed by atoms with Crippen LogP contribution in [0, 0.1) is 0 Å². The maximum atomic E-state index is 12.5. The zero-order valence-electron chi connectivity index (χ0n) is 14.9. The molecule has 0 spiro atoms. The van der Waals surface area contributed by atoms with Crippen molar-refractivity contribution in [3.05, 3.63) is 28.7 Å². The van der Waals surface area contributed by atoms with E-state index in [-0.39, 0.29) is 19.1 Å². The maximum absolute atomic E-state index is 12.5. The van der Waals surface area contributed by atoms with E-state index in [0.717, 1.165) is 17.3 Å². The number of hydrogen-bond acceptors (Lipinski definition) is 7. The number of benzene rings is 1. The van der Waals surface area contributed by atoms with Crippen LogP contribution in [-0.4, -0.2) is 47.5 Å². The van der Waals surface area contributed by atoms with Crippen molar-refractivity contribution in [1.29, 1.82) is 0 Å². The number of thioether (sulfide) groups is 1. The van der Waals surface area contributed by atoms with Crippen LogP contribution in [0.3, 0.4) is 0 Å². The number of esters is 1. The Bertz CT molecular complexity index is 732. The second-order valence-electron chi connectivity index (χ2n) is 5.15. The molecule has 1 saturated heterocycles. The van der Waals surface area contributed by atoms with Crippen molar-refractivity contribution in [2.75, 3.05) is 26.4 Å². The third-order valence-corrected chi connectivity index (χ3v) is 4.71. The van der Waals surface area contributed by atoms with Crippen molar-refractivity contribution in [1.82, 2.24) is 4.90 Å². The van der Waals surface area contributed by atoms with Gasteiger partial charge in [0.1, 0.15) is 10.9 Å². The fraction of sp³-hybridized carbons (Fsp3) is 0.389. The van der Waals surface area contributed by atoms with Gasteiger partial charge in [0.25, 0.3) is 5.91 Å². The lowest BCUT2D eigenvalue weighted by Gasteiger charge is -2.13. The summed E-state index contributed by atoms with van der Waals surface area (Å²) in [6.45, 7) is 6.63. The molecule has 2 rings (SSSR count). The lowest BCUT2D eigenvalue weighted by molar-refractivity contribution is -0.145. The lowest BCUT2D eigenvalue weighted by Crippen LogP contribution is -2.34. The Kier molecular flexibility index (Phi) is 7.47. The molecule has 6 nitrogen and oxygen atoms in total. The predicted molar refractivity (Wildman–Crippen MR) is 105 cm³/mol. The molecule has 0 unspecified atom stereocenters. The van der Waals surface area contributed by atoms with Crippen LogP contribution in [0.25, 0.3) is 6.08 Å². The van der Waals surface area contributed by atoms with Gasteiger partial charge in [-0.15, -0.1) is 0 Å². The number of carbonyl (C=O) groups is 2. The molecular formula is C18H21NO5S2. The molecule has 0 aromatic heterocycles. The molecule has 0 radical (unpaired) electrons. The first kappa shape index (κ1) is 20.3. The minimum Gasteiger partial charge on any atom is -0.490 e. The first-order valence-electron chi connectivity index (χ1n) is 8.30. The van der Waals surface area contributed by atoms with Crippen molar-refractivity contribution in [2.24, 2.45) is 0 Å². The van der Waals surface area contributed by atoms with Crippen LogP contribution in [-0.2, 0) is 14.3 Å². The van der Waals surface area contributed by atoms with Gasteiger partial charge in [0.2, 0.25) is 0 Å². The van der Waals surface area contributed by atoms with E-state index >= 15 is 0 Å². The zero-order valence-corrected chi connectivity index (χ0v) is 16.6. The van der Waals surface area contributed by atoms with Gasteiger partial charge in [0, 0.05) is 0 Å². The van der Waals surface area contributed by atoms with Gasteiger partial charge in [-0.1, -0.05) is 30.0 Å². The summed E-state index contributed by atoms with van der Waals surface area (Å²) in [6, 6.07) is 5.46. The second-order valence-corrected chi connectivity index (χ2v) is 6.82. The van der Waals surface area contributed by atoms with Gasteiger partial charge in [-0.3, -0.25) is 14.5 Å². The Morgan fingerprint density at radius 3 is 2.50 bits per heavy atom. The van der Waals surface area contributed by atoms with E-state index in [0.29, 0.717) is 33.9 Å². The Labute approximate surface area is 162 Å². The van der Waals surface area contributed by atoms with Crippen LogP contribution in [0.2, 0.25) is 0 Å². The number of hydrogen-bond donors (Lipinski definition) is 0. The number of carbonyl (C=O) groups excluding carboxylic acids is 2. The quantitative estimate of drug-likeness (QED) is 0.380. The fourth-order valence-corrected chi connectivity index (χ4v) is 3.54. The van der Waals surface area contributed by atoms with E-state index in [2.05, 4.69) is 0 Å². The van der Waals surface area contributed by atoms with Gasteiger partial charge >= 0.3 is 5.97 Å². The minimum absolute atomic E-state index is 0.177. The normalized spacial score (nSPS) is 15.5. The molecule has 1 heterocycles. The molecule has 1 aromatic carbocycles. The van der Waals surface area contributed by atoms with Gasteiger partial charge in [-0.25, -0.2) is 0 Å². The van der Waals surface area contributed by atoms with Gasteiger partial charge in [0.15, 0.2) is 11.5 Å². The highest BCUT2D eigenvalue weighted by Gasteiger charge is 2.33. The smallest absolute Gasteiger partial charge is 0.326 e. The maximum Gasteiger partial charge on any atom is 0.326 e. The second kappa shape index (κ2) is 9.59. The molecule has 1 amide bonds. The van der Waals surface area contributed by atoms with Crippen LogP contribution in [0.4, 0.5) is 0 Å². The molecule has 8 heteroatoms. The van der Waals surface area contributed by atoms with Gasteiger partial charge < -0.3 is 14.2 Å². The van der Waals surface area contributed by atoms with Crippen molar-refractivity contribution in [2.45, 2.75) is 20.8 Å². The van der Waals surface area contributed by atoms with E-state index in [1.54, 1.807) is 19.1 Å². The molecule has 0 saturated carbocycles. The van der Waals surface area contributed by atoms with Gasteiger partial charge in [0.05, 0.1) is 24.7 Å². The molecule has 0 bridgehead atoms. The Morgan fingerprint density at radius 2 is 1.85 bits per heavy atom. The average Bonchev–Trinajstić information content (AvgIpc) is 2.85. The van der Waals surface area contributed by atoms with Gasteiger partial charge in [-0.2, -0.15) is 0 Å². The molecular weight excluding hydrogens is 374 g/mol. The zero-order chi connectivity index (χ0) is 19.1. The topological polar surface area (TPSA) is 65.1 Å². The summed E-state index contributed by atoms with van der Waals surface area (Å²) in [7, 11) is 0. The SMILES string of the molecule is CCOC(=O)CN1C(=O)C(=Cc2ccc(OCC)c(OCC)c2)SC1=S. The van der Waals surface area contributed by atoms with Crippen molar-refractivity contribution in [3.8, 4) is 11.5 Å². The fourth-order valence-electron chi connectivity index (χ4n) is 2.28. The Balaban J connectivity index is 2.21. The molecule has 140 valence electrons. The monoisotopic (exact) mass is 395 g/mol. The number of ether oxygens (including phenoxy) is 3. The van der Waals surface area contributed by atoms with Crippen LogP contribution in [0.15, 0.2) is 23.1 Å². The third-order valence-electron chi connectivity index (χ3n) is 3.33. The Morgan fingerprint density at radius 1 is 1.15 bits per heavy atom.